The Balaban J connectivity index is 2.09. The second kappa shape index (κ2) is 8.28. The summed E-state index contributed by atoms with van der Waals surface area (Å²) in [5.74, 6) is -0.684. The fourth-order valence-corrected chi connectivity index (χ4v) is 2.70. The lowest BCUT2D eigenvalue weighted by atomic mass is 10.0. The van der Waals surface area contributed by atoms with Crippen LogP contribution in [0.25, 0.3) is 0 Å². The predicted octanol–water partition coefficient (Wildman–Crippen LogP) is 3.11. The van der Waals surface area contributed by atoms with Crippen molar-refractivity contribution in [1.82, 2.24) is 10.6 Å². The highest BCUT2D eigenvalue weighted by Gasteiger charge is 2.20. The van der Waals surface area contributed by atoms with Gasteiger partial charge in [-0.3, -0.25) is 4.79 Å². The summed E-state index contributed by atoms with van der Waals surface area (Å²) in [5, 5.41) is 5.34. The molecule has 0 unspecified atom stereocenters. The van der Waals surface area contributed by atoms with Crippen molar-refractivity contribution in [3.8, 4) is 0 Å². The Labute approximate surface area is 146 Å². The van der Waals surface area contributed by atoms with Crippen LogP contribution in [-0.2, 0) is 4.79 Å². The minimum absolute atomic E-state index is 0.00514. The third-order valence-corrected chi connectivity index (χ3v) is 3.90. The molecule has 0 aromatic heterocycles. The summed E-state index contributed by atoms with van der Waals surface area (Å²) in [6.07, 6.45) is 0.00514. The molecule has 0 fully saturated rings. The van der Waals surface area contributed by atoms with E-state index in [9.17, 15) is 14.0 Å². The van der Waals surface area contributed by atoms with E-state index in [4.69, 9.17) is 5.73 Å². The average Bonchev–Trinajstić information content (AvgIpc) is 2.54. The highest BCUT2D eigenvalue weighted by atomic mass is 19.1. The molecule has 4 N–H and O–H groups in total. The summed E-state index contributed by atoms with van der Waals surface area (Å²) in [6.45, 7) is 3.63. The van der Waals surface area contributed by atoms with Crippen molar-refractivity contribution in [3.63, 3.8) is 0 Å². The average molecular weight is 343 g/mol. The van der Waals surface area contributed by atoms with Gasteiger partial charge in [-0.2, -0.15) is 0 Å². The van der Waals surface area contributed by atoms with E-state index >= 15 is 0 Å². The van der Waals surface area contributed by atoms with Crippen molar-refractivity contribution in [3.05, 3.63) is 71.0 Å². The van der Waals surface area contributed by atoms with Gasteiger partial charge in [0.15, 0.2) is 0 Å². The van der Waals surface area contributed by atoms with Crippen molar-refractivity contribution >= 4 is 11.9 Å². The van der Waals surface area contributed by atoms with E-state index < -0.39 is 18.1 Å². The standard InChI is InChI=1S/C19H22FN3O2/c1-12-6-5-7-14(10-12)17(23-19(21)25)11-18(24)22-13(2)15-8-3-4-9-16(15)20/h3-10,13,17H,11H2,1-2H3,(H,22,24)(H3,21,23,25)/t13-,17+/m1/s1. The largest absolute Gasteiger partial charge is 0.352 e. The summed E-state index contributed by atoms with van der Waals surface area (Å²) in [4.78, 5) is 23.6. The number of hydrogen-bond acceptors (Lipinski definition) is 2. The number of amides is 3. The van der Waals surface area contributed by atoms with E-state index in [1.165, 1.54) is 6.07 Å². The molecule has 0 bridgehead atoms. The molecule has 2 aromatic carbocycles. The number of carbonyl (C=O) groups excluding carboxylic acids is 2. The van der Waals surface area contributed by atoms with E-state index in [1.54, 1.807) is 25.1 Å². The van der Waals surface area contributed by atoms with Gasteiger partial charge >= 0.3 is 6.03 Å². The van der Waals surface area contributed by atoms with Crippen molar-refractivity contribution in [2.75, 3.05) is 0 Å². The zero-order valence-corrected chi connectivity index (χ0v) is 14.3. The summed E-state index contributed by atoms with van der Waals surface area (Å²) < 4.78 is 13.8. The molecule has 0 radical (unpaired) electrons. The van der Waals surface area contributed by atoms with Crippen molar-refractivity contribution in [2.24, 2.45) is 5.73 Å². The number of carbonyl (C=O) groups is 2. The molecule has 0 saturated heterocycles. The maximum absolute atomic E-state index is 13.8. The summed E-state index contributed by atoms with van der Waals surface area (Å²) in [6, 6.07) is 12.0. The molecule has 0 aliphatic carbocycles. The Morgan fingerprint density at radius 1 is 1.12 bits per heavy atom. The van der Waals surface area contributed by atoms with Crippen LogP contribution >= 0.6 is 0 Å². The Morgan fingerprint density at radius 3 is 2.48 bits per heavy atom. The van der Waals surface area contributed by atoms with Crippen LogP contribution in [-0.4, -0.2) is 11.9 Å². The monoisotopic (exact) mass is 343 g/mol. The van der Waals surface area contributed by atoms with Gasteiger partial charge in [-0.05, 0) is 25.5 Å². The molecular formula is C19H22FN3O2. The number of hydrogen-bond donors (Lipinski definition) is 3. The molecule has 132 valence electrons. The first-order chi connectivity index (χ1) is 11.9. The first kappa shape index (κ1) is 18.4. The zero-order valence-electron chi connectivity index (χ0n) is 14.3. The SMILES string of the molecule is Cc1cccc([C@H](CC(=O)N[C@H](C)c2ccccc2F)NC(N)=O)c1. The van der Waals surface area contributed by atoms with Crippen molar-refractivity contribution in [2.45, 2.75) is 32.4 Å². The van der Waals surface area contributed by atoms with Crippen LogP contribution in [0, 0.1) is 12.7 Å². The van der Waals surface area contributed by atoms with E-state index in [0.717, 1.165) is 11.1 Å². The Kier molecular flexibility index (Phi) is 6.11. The number of rotatable bonds is 6. The van der Waals surface area contributed by atoms with Crippen LogP contribution in [0.5, 0.6) is 0 Å². The van der Waals surface area contributed by atoms with Gasteiger partial charge < -0.3 is 16.4 Å². The maximum atomic E-state index is 13.8. The molecular weight excluding hydrogens is 321 g/mol. The maximum Gasteiger partial charge on any atom is 0.312 e. The van der Waals surface area contributed by atoms with Crippen LogP contribution in [0.4, 0.5) is 9.18 Å². The Hall–Kier alpha value is -2.89. The van der Waals surface area contributed by atoms with Crippen LogP contribution < -0.4 is 16.4 Å². The fourth-order valence-electron chi connectivity index (χ4n) is 2.70. The minimum atomic E-state index is -0.707. The van der Waals surface area contributed by atoms with E-state index in [-0.39, 0.29) is 18.1 Å². The minimum Gasteiger partial charge on any atom is -0.352 e. The summed E-state index contributed by atoms with van der Waals surface area (Å²) >= 11 is 0. The number of primary amides is 1. The normalized spacial score (nSPS) is 12.9. The van der Waals surface area contributed by atoms with Crippen LogP contribution in [0.2, 0.25) is 0 Å². The van der Waals surface area contributed by atoms with Crippen molar-refractivity contribution in [1.29, 1.82) is 0 Å². The molecule has 25 heavy (non-hydrogen) atoms. The van der Waals surface area contributed by atoms with E-state index in [0.29, 0.717) is 5.56 Å². The molecule has 2 aromatic rings. The number of nitrogens with one attached hydrogen (secondary N) is 2. The van der Waals surface area contributed by atoms with Gasteiger partial charge in [0, 0.05) is 5.56 Å². The summed E-state index contributed by atoms with van der Waals surface area (Å²) in [5.41, 5.74) is 7.43. The van der Waals surface area contributed by atoms with E-state index in [1.807, 2.05) is 31.2 Å². The molecule has 3 amide bonds. The smallest absolute Gasteiger partial charge is 0.312 e. The number of urea groups is 1. The van der Waals surface area contributed by atoms with Gasteiger partial charge in [-0.15, -0.1) is 0 Å². The molecule has 0 spiro atoms. The third-order valence-electron chi connectivity index (χ3n) is 3.90. The molecule has 2 atom stereocenters. The van der Waals surface area contributed by atoms with Gasteiger partial charge in [0.2, 0.25) is 5.91 Å². The highest BCUT2D eigenvalue weighted by molar-refractivity contribution is 5.79. The Bertz CT molecular complexity index is 764. The van der Waals surface area contributed by atoms with Gasteiger partial charge in [0.05, 0.1) is 18.5 Å². The number of aryl methyl sites for hydroxylation is 1. The van der Waals surface area contributed by atoms with Gasteiger partial charge in [0.1, 0.15) is 5.82 Å². The highest BCUT2D eigenvalue weighted by Crippen LogP contribution is 2.20. The number of nitrogens with two attached hydrogens (primary N) is 1. The molecule has 0 heterocycles. The first-order valence-electron chi connectivity index (χ1n) is 8.03. The summed E-state index contributed by atoms with van der Waals surface area (Å²) in [7, 11) is 0. The number of benzene rings is 2. The van der Waals surface area contributed by atoms with Gasteiger partial charge in [-0.1, -0.05) is 48.0 Å². The topological polar surface area (TPSA) is 84.2 Å². The second-order valence-electron chi connectivity index (χ2n) is 5.99. The molecule has 0 aliphatic heterocycles. The quantitative estimate of drug-likeness (QED) is 0.753. The predicted molar refractivity (Wildman–Crippen MR) is 94.2 cm³/mol. The molecule has 5 nitrogen and oxygen atoms in total. The fraction of sp³-hybridized carbons (Fsp3) is 0.263. The molecule has 6 heteroatoms. The number of halogens is 1. The van der Waals surface area contributed by atoms with Gasteiger partial charge in [-0.25, -0.2) is 9.18 Å². The molecule has 2 rings (SSSR count). The van der Waals surface area contributed by atoms with Crippen molar-refractivity contribution < 1.29 is 14.0 Å². The van der Waals surface area contributed by atoms with E-state index in [2.05, 4.69) is 10.6 Å². The zero-order chi connectivity index (χ0) is 18.4. The lowest BCUT2D eigenvalue weighted by Gasteiger charge is -2.20. The molecule has 0 aliphatic rings. The lowest BCUT2D eigenvalue weighted by Crippen LogP contribution is -2.37. The van der Waals surface area contributed by atoms with Crippen LogP contribution in [0.15, 0.2) is 48.5 Å². The lowest BCUT2D eigenvalue weighted by molar-refractivity contribution is -0.122. The Morgan fingerprint density at radius 2 is 1.84 bits per heavy atom. The van der Waals surface area contributed by atoms with Crippen LogP contribution in [0.1, 0.15) is 42.1 Å². The van der Waals surface area contributed by atoms with Gasteiger partial charge in [0.25, 0.3) is 0 Å². The third kappa shape index (κ3) is 5.31. The second-order valence-corrected chi connectivity index (χ2v) is 5.99. The van der Waals surface area contributed by atoms with Crippen LogP contribution in [0.3, 0.4) is 0 Å². The first-order valence-corrected chi connectivity index (χ1v) is 8.03. The molecule has 0 saturated carbocycles.